The maximum absolute atomic E-state index is 12.1. The zero-order valence-electron chi connectivity index (χ0n) is 12.6. The lowest BCUT2D eigenvalue weighted by atomic mass is 10.1. The Balaban J connectivity index is 1.76. The summed E-state index contributed by atoms with van der Waals surface area (Å²) in [6.45, 7) is 4.09. The normalized spacial score (nSPS) is 11.2. The molecule has 4 nitrogen and oxygen atoms in total. The number of hydrogen-bond donors (Lipinski definition) is 1. The van der Waals surface area contributed by atoms with Crippen LogP contribution in [-0.4, -0.2) is 15.6 Å². The molecule has 2 aromatic carbocycles. The number of nitrogens with one attached hydrogen (secondary N) is 1. The molecule has 0 atom stereocenters. The standard InChI is InChI=1S/C18H17N3O/c1-13-7-8-15(14(2)11-13)9-10-18(22)20-21-12-19-16-5-3-4-6-17(16)21/h3-12H,1-2H3,(H,20,22)/b10-9+. The second kappa shape index (κ2) is 5.85. The van der Waals surface area contributed by atoms with Gasteiger partial charge in [-0.25, -0.2) is 9.66 Å². The van der Waals surface area contributed by atoms with Crippen LogP contribution in [0.25, 0.3) is 17.1 Å². The van der Waals surface area contributed by atoms with Gasteiger partial charge in [-0.3, -0.25) is 10.2 Å². The molecule has 0 unspecified atom stereocenters. The van der Waals surface area contributed by atoms with Crippen LogP contribution in [0.3, 0.4) is 0 Å². The van der Waals surface area contributed by atoms with E-state index in [1.807, 2.05) is 49.4 Å². The Hall–Kier alpha value is -2.88. The van der Waals surface area contributed by atoms with E-state index in [-0.39, 0.29) is 5.91 Å². The number of rotatable bonds is 3. The molecule has 0 saturated carbocycles. The summed E-state index contributed by atoms with van der Waals surface area (Å²) in [7, 11) is 0. The van der Waals surface area contributed by atoms with Crippen molar-refractivity contribution < 1.29 is 4.79 Å². The van der Waals surface area contributed by atoms with Crippen molar-refractivity contribution in [1.29, 1.82) is 0 Å². The van der Waals surface area contributed by atoms with Gasteiger partial charge in [-0.05, 0) is 43.2 Å². The third-order valence-electron chi connectivity index (χ3n) is 3.52. The average molecular weight is 291 g/mol. The van der Waals surface area contributed by atoms with E-state index in [1.54, 1.807) is 11.0 Å². The van der Waals surface area contributed by atoms with Crippen molar-refractivity contribution in [3.8, 4) is 0 Å². The molecule has 3 rings (SSSR count). The van der Waals surface area contributed by atoms with Crippen LogP contribution < -0.4 is 5.43 Å². The van der Waals surface area contributed by atoms with Gasteiger partial charge in [-0.2, -0.15) is 0 Å². The predicted octanol–water partition coefficient (Wildman–Crippen LogP) is 3.44. The van der Waals surface area contributed by atoms with E-state index >= 15 is 0 Å². The fourth-order valence-electron chi connectivity index (χ4n) is 2.38. The van der Waals surface area contributed by atoms with Gasteiger partial charge in [-0.15, -0.1) is 0 Å². The Morgan fingerprint density at radius 2 is 2.00 bits per heavy atom. The van der Waals surface area contributed by atoms with Crippen molar-refractivity contribution >= 4 is 23.0 Å². The van der Waals surface area contributed by atoms with Crippen LogP contribution in [0.2, 0.25) is 0 Å². The van der Waals surface area contributed by atoms with Gasteiger partial charge in [0, 0.05) is 6.08 Å². The van der Waals surface area contributed by atoms with Crippen LogP contribution >= 0.6 is 0 Å². The van der Waals surface area contributed by atoms with E-state index in [0.717, 1.165) is 22.2 Å². The molecule has 1 amide bonds. The molecule has 0 bridgehead atoms. The van der Waals surface area contributed by atoms with Crippen molar-refractivity contribution in [3.05, 3.63) is 71.6 Å². The number of para-hydroxylation sites is 2. The third-order valence-corrected chi connectivity index (χ3v) is 3.52. The number of benzene rings is 2. The lowest BCUT2D eigenvalue weighted by molar-refractivity contribution is -0.112. The van der Waals surface area contributed by atoms with Crippen molar-refractivity contribution in [3.63, 3.8) is 0 Å². The highest BCUT2D eigenvalue weighted by Gasteiger charge is 2.03. The summed E-state index contributed by atoms with van der Waals surface area (Å²) in [6.07, 6.45) is 4.96. The van der Waals surface area contributed by atoms with Gasteiger partial charge >= 0.3 is 0 Å². The first kappa shape index (κ1) is 14.1. The Labute approximate surface area is 129 Å². The van der Waals surface area contributed by atoms with Crippen molar-refractivity contribution in [2.24, 2.45) is 0 Å². The van der Waals surface area contributed by atoms with E-state index in [9.17, 15) is 4.79 Å². The highest BCUT2D eigenvalue weighted by Crippen LogP contribution is 2.12. The predicted molar refractivity (Wildman–Crippen MR) is 89.1 cm³/mol. The number of nitrogens with zero attached hydrogens (tertiary/aromatic N) is 2. The molecular weight excluding hydrogens is 274 g/mol. The van der Waals surface area contributed by atoms with Gasteiger partial charge in [0.05, 0.1) is 11.0 Å². The van der Waals surface area contributed by atoms with E-state index < -0.39 is 0 Å². The highest BCUT2D eigenvalue weighted by molar-refractivity contribution is 5.98. The second-order valence-corrected chi connectivity index (χ2v) is 5.27. The molecule has 1 aromatic heterocycles. The first-order valence-corrected chi connectivity index (χ1v) is 7.12. The van der Waals surface area contributed by atoms with Crippen LogP contribution in [0.5, 0.6) is 0 Å². The quantitative estimate of drug-likeness (QED) is 0.751. The molecule has 3 aromatic rings. The molecule has 0 fully saturated rings. The van der Waals surface area contributed by atoms with E-state index in [1.165, 1.54) is 11.6 Å². The van der Waals surface area contributed by atoms with Crippen LogP contribution in [0, 0.1) is 13.8 Å². The fourth-order valence-corrected chi connectivity index (χ4v) is 2.38. The summed E-state index contributed by atoms with van der Waals surface area (Å²) in [4.78, 5) is 16.3. The van der Waals surface area contributed by atoms with Gasteiger partial charge in [0.15, 0.2) is 0 Å². The Bertz CT molecular complexity index is 862. The molecule has 0 aliphatic rings. The van der Waals surface area contributed by atoms with Crippen molar-refractivity contribution in [1.82, 2.24) is 9.66 Å². The van der Waals surface area contributed by atoms with E-state index in [4.69, 9.17) is 0 Å². The maximum atomic E-state index is 12.1. The maximum Gasteiger partial charge on any atom is 0.262 e. The summed E-state index contributed by atoms with van der Waals surface area (Å²) in [6, 6.07) is 13.8. The van der Waals surface area contributed by atoms with Gasteiger partial charge in [0.25, 0.3) is 5.91 Å². The Kier molecular flexibility index (Phi) is 3.74. The van der Waals surface area contributed by atoms with Crippen molar-refractivity contribution in [2.45, 2.75) is 13.8 Å². The Morgan fingerprint density at radius 3 is 2.82 bits per heavy atom. The number of hydrogen-bond acceptors (Lipinski definition) is 2. The van der Waals surface area contributed by atoms with Crippen molar-refractivity contribution in [2.75, 3.05) is 5.43 Å². The smallest absolute Gasteiger partial charge is 0.262 e. The van der Waals surface area contributed by atoms with Crippen LogP contribution in [0.4, 0.5) is 0 Å². The van der Waals surface area contributed by atoms with Crippen LogP contribution in [0.15, 0.2) is 54.9 Å². The molecule has 0 aliphatic carbocycles. The summed E-state index contributed by atoms with van der Waals surface area (Å²) >= 11 is 0. The topological polar surface area (TPSA) is 46.9 Å². The Morgan fingerprint density at radius 1 is 1.18 bits per heavy atom. The minimum atomic E-state index is -0.192. The number of aromatic nitrogens is 2. The monoisotopic (exact) mass is 291 g/mol. The number of fused-ring (bicyclic) bond motifs is 1. The van der Waals surface area contributed by atoms with Gasteiger partial charge < -0.3 is 0 Å². The number of carbonyl (C=O) groups excluding carboxylic acids is 1. The number of amides is 1. The molecular formula is C18H17N3O. The minimum absolute atomic E-state index is 0.192. The van der Waals surface area contributed by atoms with Gasteiger partial charge in [-0.1, -0.05) is 35.9 Å². The number of carbonyl (C=O) groups is 1. The molecule has 4 heteroatoms. The van der Waals surface area contributed by atoms with Crippen LogP contribution in [0.1, 0.15) is 16.7 Å². The first-order valence-electron chi connectivity index (χ1n) is 7.12. The van der Waals surface area contributed by atoms with Gasteiger partial charge in [0.1, 0.15) is 6.33 Å². The lowest BCUT2D eigenvalue weighted by Crippen LogP contribution is -2.19. The minimum Gasteiger partial charge on any atom is -0.268 e. The summed E-state index contributed by atoms with van der Waals surface area (Å²) < 4.78 is 1.63. The van der Waals surface area contributed by atoms with E-state index in [2.05, 4.69) is 23.4 Å². The largest absolute Gasteiger partial charge is 0.268 e. The zero-order chi connectivity index (χ0) is 15.5. The number of imidazole rings is 1. The first-order chi connectivity index (χ1) is 10.6. The van der Waals surface area contributed by atoms with Gasteiger partial charge in [0.2, 0.25) is 0 Å². The molecule has 0 spiro atoms. The summed E-state index contributed by atoms with van der Waals surface area (Å²) in [5.74, 6) is -0.192. The SMILES string of the molecule is Cc1ccc(/C=C/C(=O)Nn2cnc3ccccc32)c(C)c1. The van der Waals surface area contributed by atoms with E-state index in [0.29, 0.717) is 0 Å². The number of aryl methyl sites for hydroxylation is 2. The molecule has 0 saturated heterocycles. The average Bonchev–Trinajstić information content (AvgIpc) is 2.90. The third kappa shape index (κ3) is 2.91. The summed E-state index contributed by atoms with van der Waals surface area (Å²) in [5.41, 5.74) is 7.91. The molecule has 0 aliphatic heterocycles. The highest BCUT2D eigenvalue weighted by atomic mass is 16.2. The molecule has 1 N–H and O–H groups in total. The lowest BCUT2D eigenvalue weighted by Gasteiger charge is -2.04. The second-order valence-electron chi connectivity index (χ2n) is 5.27. The molecule has 0 radical (unpaired) electrons. The van der Waals surface area contributed by atoms with Crippen LogP contribution in [-0.2, 0) is 4.79 Å². The zero-order valence-corrected chi connectivity index (χ0v) is 12.6. The fraction of sp³-hybridized carbons (Fsp3) is 0.111. The molecule has 22 heavy (non-hydrogen) atoms. The molecule has 110 valence electrons. The summed E-state index contributed by atoms with van der Waals surface area (Å²) in [5, 5.41) is 0. The molecule has 1 heterocycles.